The van der Waals surface area contributed by atoms with Crippen molar-refractivity contribution in [1.29, 1.82) is 0 Å². The molecule has 2 aromatic carbocycles. The largest absolute Gasteiger partial charge is 0.632 e. The van der Waals surface area contributed by atoms with Gasteiger partial charge in [0.25, 0.3) is 0 Å². The molecule has 1 aromatic heterocycles. The highest BCUT2D eigenvalue weighted by Crippen LogP contribution is 2.20. The molecule has 0 amide bonds. The van der Waals surface area contributed by atoms with E-state index in [1.54, 1.807) is 0 Å². The average Bonchev–Trinajstić information content (AvgIpc) is 2.54. The predicted octanol–water partition coefficient (Wildman–Crippen LogP) is 2.20. The van der Waals surface area contributed by atoms with E-state index in [9.17, 15) is 10.2 Å². The van der Waals surface area contributed by atoms with Crippen molar-refractivity contribution in [2.24, 2.45) is 0 Å². The Balaban J connectivity index is 2.21. The molecule has 0 radical (unpaired) electrons. The second kappa shape index (κ2) is 5.64. The molecule has 0 saturated carbocycles. The van der Waals surface area contributed by atoms with Crippen LogP contribution in [0, 0.1) is 6.92 Å². The molecule has 0 unspecified atom stereocenters. The van der Waals surface area contributed by atoms with Crippen molar-refractivity contribution in [3.63, 3.8) is 0 Å². The molecule has 3 aromatic rings. The fourth-order valence-electron chi connectivity index (χ4n) is 2.71. The van der Waals surface area contributed by atoms with Gasteiger partial charge in [-0.2, -0.15) is 0 Å². The molecule has 1 heterocycles. The summed E-state index contributed by atoms with van der Waals surface area (Å²) in [5, 5.41) is 21.6. The van der Waals surface area contributed by atoms with Gasteiger partial charge < -0.3 is 10.2 Å². The maximum absolute atomic E-state index is 10.5. The van der Waals surface area contributed by atoms with Gasteiger partial charge in [0.15, 0.2) is 18.5 Å². The zero-order chi connectivity index (χ0) is 15.7. The number of rotatable bonds is 3. The third kappa shape index (κ3) is 2.37. The van der Waals surface area contributed by atoms with Crippen LogP contribution in [0.2, 0.25) is 0 Å². The molecule has 2 N–H and O–H groups in total. The smallest absolute Gasteiger partial charge is 0.459 e. The third-order valence-corrected chi connectivity index (χ3v) is 3.95. The van der Waals surface area contributed by atoms with E-state index >= 15 is 0 Å². The Labute approximate surface area is 129 Å². The fraction of sp³-hybridized carbons (Fsp3) is 0.222. The average molecular weight is 296 g/mol. The summed E-state index contributed by atoms with van der Waals surface area (Å²) in [4.78, 5) is 0. The first-order valence-electron chi connectivity index (χ1n) is 7.43. The minimum atomic E-state index is 0.0549. The third-order valence-electron chi connectivity index (χ3n) is 3.95. The number of hydrogen-bond acceptors (Lipinski definition) is 2. The Hall–Kier alpha value is -2.62. The van der Waals surface area contributed by atoms with Crippen LogP contribution in [0.25, 0.3) is 10.9 Å². The second-order valence-corrected chi connectivity index (χ2v) is 5.46. The maximum Gasteiger partial charge on any atom is 0.632 e. The van der Waals surface area contributed by atoms with E-state index in [1.165, 1.54) is 10.1 Å². The molecule has 0 aliphatic carbocycles. The van der Waals surface area contributed by atoms with Gasteiger partial charge in [-0.15, -0.1) is 0 Å². The number of aryl methyl sites for hydroxylation is 1. The number of benzene rings is 2. The van der Waals surface area contributed by atoms with Crippen molar-refractivity contribution in [3.05, 3.63) is 59.7 Å². The first-order valence-corrected chi connectivity index (χ1v) is 7.43. The summed E-state index contributed by atoms with van der Waals surface area (Å²) in [7, 11) is 0. The molecular formula is C18H20N2O2+2. The highest BCUT2D eigenvalue weighted by molar-refractivity contribution is 5.79. The summed E-state index contributed by atoms with van der Waals surface area (Å²) >= 11 is 0. The molecule has 0 saturated heterocycles. The Morgan fingerprint density at radius 3 is 2.27 bits per heavy atom. The summed E-state index contributed by atoms with van der Waals surface area (Å²) in [6.07, 6.45) is 0. The lowest BCUT2D eigenvalue weighted by atomic mass is 10.1. The van der Waals surface area contributed by atoms with Gasteiger partial charge in [0.05, 0.1) is 0 Å². The predicted molar refractivity (Wildman–Crippen MR) is 83.6 cm³/mol. The standard InChI is InChI=1S/C18H18N2O2/c1-3-19-17(21)15-6-4-5-7-16(15)20(18(19)22)12-14-10-8-13(2)9-11-14/h4-11H,3,12H2,1-2H3/p+2. The Morgan fingerprint density at radius 2 is 1.59 bits per heavy atom. The van der Waals surface area contributed by atoms with Gasteiger partial charge in [-0.1, -0.05) is 51.1 Å². The van der Waals surface area contributed by atoms with E-state index in [1.807, 2.05) is 35.8 Å². The van der Waals surface area contributed by atoms with Gasteiger partial charge in [0, 0.05) is 11.6 Å². The van der Waals surface area contributed by atoms with Crippen molar-refractivity contribution < 1.29 is 19.3 Å². The maximum atomic E-state index is 10.5. The summed E-state index contributed by atoms with van der Waals surface area (Å²) in [5.74, 6) is 0.0933. The Bertz CT molecular complexity index is 827. The van der Waals surface area contributed by atoms with Crippen LogP contribution >= 0.6 is 0 Å². The molecule has 0 aliphatic rings. The van der Waals surface area contributed by atoms with Crippen molar-refractivity contribution in [2.75, 3.05) is 0 Å². The first-order chi connectivity index (χ1) is 10.6. The van der Waals surface area contributed by atoms with Gasteiger partial charge in [-0.25, -0.2) is 0 Å². The number of para-hydroxylation sites is 1. The minimum Gasteiger partial charge on any atom is -0.459 e. The van der Waals surface area contributed by atoms with E-state index in [2.05, 4.69) is 31.2 Å². The molecule has 4 heteroatoms. The van der Waals surface area contributed by atoms with Crippen LogP contribution < -0.4 is 9.13 Å². The first kappa shape index (κ1) is 14.3. The molecule has 0 bridgehead atoms. The highest BCUT2D eigenvalue weighted by Gasteiger charge is 2.32. The van der Waals surface area contributed by atoms with E-state index < -0.39 is 0 Å². The van der Waals surface area contributed by atoms with Gasteiger partial charge in [0.2, 0.25) is 5.52 Å². The lowest BCUT2D eigenvalue weighted by molar-refractivity contribution is -0.816. The SMILES string of the molecule is CC[n+]1c(O)c2ccccc2[n+](Cc2ccc(C)cc2)c1O. The van der Waals surface area contributed by atoms with Crippen LogP contribution in [0.15, 0.2) is 48.5 Å². The topological polar surface area (TPSA) is 48.2 Å². The van der Waals surface area contributed by atoms with E-state index in [4.69, 9.17) is 0 Å². The van der Waals surface area contributed by atoms with E-state index in [0.717, 1.165) is 16.5 Å². The zero-order valence-corrected chi connectivity index (χ0v) is 12.8. The number of aromatic nitrogens is 2. The van der Waals surface area contributed by atoms with Crippen LogP contribution in [-0.4, -0.2) is 10.2 Å². The molecule has 0 fully saturated rings. The highest BCUT2D eigenvalue weighted by atomic mass is 16.3. The van der Waals surface area contributed by atoms with Crippen LogP contribution in [0.5, 0.6) is 11.9 Å². The molecule has 22 heavy (non-hydrogen) atoms. The molecule has 0 aliphatic heterocycles. The monoisotopic (exact) mass is 296 g/mol. The number of nitrogens with zero attached hydrogens (tertiary/aromatic N) is 2. The summed E-state index contributed by atoms with van der Waals surface area (Å²) < 4.78 is 3.33. The summed E-state index contributed by atoms with van der Waals surface area (Å²) in [6.45, 7) is 4.99. The summed E-state index contributed by atoms with van der Waals surface area (Å²) in [5.41, 5.74) is 3.12. The Kier molecular flexibility index (Phi) is 3.67. The van der Waals surface area contributed by atoms with Crippen molar-refractivity contribution >= 4 is 10.9 Å². The van der Waals surface area contributed by atoms with Crippen LogP contribution in [0.3, 0.4) is 0 Å². The van der Waals surface area contributed by atoms with Gasteiger partial charge in [0.1, 0.15) is 0 Å². The minimum absolute atomic E-state index is 0.0549. The van der Waals surface area contributed by atoms with Gasteiger partial charge in [-0.05, 0) is 19.9 Å². The zero-order valence-electron chi connectivity index (χ0n) is 12.8. The van der Waals surface area contributed by atoms with Crippen molar-refractivity contribution in [2.45, 2.75) is 26.9 Å². The van der Waals surface area contributed by atoms with Crippen molar-refractivity contribution in [3.8, 4) is 11.9 Å². The fourth-order valence-corrected chi connectivity index (χ4v) is 2.71. The number of fused-ring (bicyclic) bond motifs is 1. The second-order valence-electron chi connectivity index (χ2n) is 5.46. The van der Waals surface area contributed by atoms with Crippen LogP contribution in [0.4, 0.5) is 0 Å². The molecule has 0 spiro atoms. The quantitative estimate of drug-likeness (QED) is 0.728. The number of aromatic hydroxyl groups is 2. The lowest BCUT2D eigenvalue weighted by Gasteiger charge is -2.04. The molecule has 3 rings (SSSR count). The lowest BCUT2D eigenvalue weighted by Crippen LogP contribution is -2.48. The summed E-state index contributed by atoms with van der Waals surface area (Å²) in [6, 6.07) is 15.8. The number of hydrogen-bond donors (Lipinski definition) is 2. The van der Waals surface area contributed by atoms with Gasteiger partial charge >= 0.3 is 11.9 Å². The van der Waals surface area contributed by atoms with E-state index in [0.29, 0.717) is 13.1 Å². The Morgan fingerprint density at radius 1 is 0.909 bits per heavy atom. The molecule has 4 nitrogen and oxygen atoms in total. The van der Waals surface area contributed by atoms with Gasteiger partial charge in [-0.3, -0.25) is 0 Å². The van der Waals surface area contributed by atoms with Crippen molar-refractivity contribution in [1.82, 2.24) is 0 Å². The molecular weight excluding hydrogens is 276 g/mol. The van der Waals surface area contributed by atoms with Crippen LogP contribution in [-0.2, 0) is 13.1 Å². The molecule has 112 valence electrons. The molecule has 0 atom stereocenters. The van der Waals surface area contributed by atoms with Crippen LogP contribution in [0.1, 0.15) is 18.1 Å². The van der Waals surface area contributed by atoms with E-state index in [-0.39, 0.29) is 11.9 Å². The normalized spacial score (nSPS) is 11.0.